The summed E-state index contributed by atoms with van der Waals surface area (Å²) in [4.78, 5) is 41.4. The van der Waals surface area contributed by atoms with Gasteiger partial charge in [-0.05, 0) is 37.1 Å². The third-order valence-corrected chi connectivity index (χ3v) is 7.41. The molecule has 4 aromatic rings. The fraction of sp³-hybridized carbons (Fsp3) is 0.370. The van der Waals surface area contributed by atoms with E-state index in [0.29, 0.717) is 18.9 Å². The molecule has 0 N–H and O–H groups in total. The van der Waals surface area contributed by atoms with Crippen LogP contribution in [-0.4, -0.2) is 91.9 Å². The van der Waals surface area contributed by atoms with Crippen molar-refractivity contribution in [1.29, 1.82) is 0 Å². The average molecular weight is 527 g/mol. The van der Waals surface area contributed by atoms with Crippen molar-refractivity contribution in [2.45, 2.75) is 12.8 Å². The van der Waals surface area contributed by atoms with E-state index < -0.39 is 0 Å². The topological polar surface area (TPSA) is 118 Å². The lowest BCUT2D eigenvalue weighted by atomic mass is 9.95. The molecule has 3 aromatic heterocycles. The van der Waals surface area contributed by atoms with Gasteiger partial charge in [-0.3, -0.25) is 4.79 Å². The number of anilines is 2. The number of methoxy groups -OCH3 is 1. The summed E-state index contributed by atoms with van der Waals surface area (Å²) in [5, 5.41) is 4.14. The van der Waals surface area contributed by atoms with E-state index >= 15 is 0 Å². The van der Waals surface area contributed by atoms with Gasteiger partial charge in [0.05, 0.1) is 12.8 Å². The van der Waals surface area contributed by atoms with Crippen molar-refractivity contribution in [3.63, 3.8) is 0 Å². The second-order valence-electron chi connectivity index (χ2n) is 9.64. The Kier molecular flexibility index (Phi) is 6.98. The molecule has 0 spiro atoms. The number of benzene rings is 1. The van der Waals surface area contributed by atoms with Crippen LogP contribution < -0.4 is 14.5 Å². The smallest absolute Gasteiger partial charge is 0.225 e. The number of carbonyl (C=O) groups excluding carboxylic acids is 1. The maximum Gasteiger partial charge on any atom is 0.225 e. The molecule has 6 rings (SSSR count). The molecule has 12 heteroatoms. The lowest BCUT2D eigenvalue weighted by Crippen LogP contribution is -2.52. The van der Waals surface area contributed by atoms with E-state index in [1.54, 1.807) is 24.4 Å². The number of rotatable bonds is 6. The lowest BCUT2D eigenvalue weighted by molar-refractivity contribution is -0.136. The molecule has 0 unspecified atom stereocenters. The van der Waals surface area contributed by atoms with Gasteiger partial charge in [-0.25, -0.2) is 29.6 Å². The predicted molar refractivity (Wildman–Crippen MR) is 145 cm³/mol. The maximum atomic E-state index is 13.3. The van der Waals surface area contributed by atoms with Gasteiger partial charge in [-0.15, -0.1) is 0 Å². The molecule has 12 nitrogen and oxygen atoms in total. The van der Waals surface area contributed by atoms with Crippen molar-refractivity contribution < 1.29 is 9.53 Å². The van der Waals surface area contributed by atoms with Crippen molar-refractivity contribution in [1.82, 2.24) is 39.6 Å². The van der Waals surface area contributed by atoms with Crippen molar-refractivity contribution in [3.05, 3.63) is 61.7 Å². The molecule has 2 aliphatic heterocycles. The Labute approximate surface area is 226 Å². The Hall–Kier alpha value is -4.61. The van der Waals surface area contributed by atoms with E-state index in [9.17, 15) is 4.79 Å². The molecule has 0 atom stereocenters. The summed E-state index contributed by atoms with van der Waals surface area (Å²) in [6.07, 6.45) is 7.86. The maximum absolute atomic E-state index is 13.3. The van der Waals surface area contributed by atoms with Crippen molar-refractivity contribution in [3.8, 4) is 22.8 Å². The highest BCUT2D eigenvalue weighted by atomic mass is 16.5. The first-order valence-corrected chi connectivity index (χ1v) is 13.1. The SMILES string of the molecule is COc1ccc(-c2cc(N3CCC(C(=O)N4CCN(c5cc(-n6cncn6)ncn5)CC4)CC3)ncn2)cc1. The molecular formula is C27H30N10O2. The van der Waals surface area contributed by atoms with Gasteiger partial charge in [0.25, 0.3) is 0 Å². The van der Waals surface area contributed by atoms with Crippen LogP contribution in [0.5, 0.6) is 5.75 Å². The van der Waals surface area contributed by atoms with Crippen LogP contribution in [0, 0.1) is 5.92 Å². The van der Waals surface area contributed by atoms with Crippen LogP contribution in [-0.2, 0) is 4.79 Å². The zero-order chi connectivity index (χ0) is 26.6. The van der Waals surface area contributed by atoms with Gasteiger partial charge in [0, 0.05) is 62.9 Å². The second-order valence-corrected chi connectivity index (χ2v) is 9.64. The summed E-state index contributed by atoms with van der Waals surface area (Å²) in [6.45, 7) is 4.40. The fourth-order valence-corrected chi connectivity index (χ4v) is 5.17. The molecule has 2 saturated heterocycles. The van der Waals surface area contributed by atoms with E-state index in [0.717, 1.165) is 67.7 Å². The number of carbonyl (C=O) groups is 1. The monoisotopic (exact) mass is 526 g/mol. The predicted octanol–water partition coefficient (Wildman–Crippen LogP) is 2.09. The van der Waals surface area contributed by atoms with Crippen molar-refractivity contribution in [2.75, 3.05) is 56.2 Å². The normalized spacial score (nSPS) is 16.4. The summed E-state index contributed by atoms with van der Waals surface area (Å²) in [7, 11) is 1.66. The average Bonchev–Trinajstić information content (AvgIpc) is 3.57. The molecule has 0 aliphatic carbocycles. The first kappa shape index (κ1) is 24.7. The van der Waals surface area contributed by atoms with E-state index in [1.807, 2.05) is 41.3 Å². The van der Waals surface area contributed by atoms with Crippen LogP contribution in [0.2, 0.25) is 0 Å². The van der Waals surface area contributed by atoms with E-state index in [-0.39, 0.29) is 11.8 Å². The molecule has 200 valence electrons. The molecule has 2 aliphatic rings. The second kappa shape index (κ2) is 11.0. The largest absolute Gasteiger partial charge is 0.497 e. The Morgan fingerprint density at radius 1 is 0.795 bits per heavy atom. The standard InChI is InChI=1S/C27H30N10O2/c1-39-22-4-2-20(3-5-22)23-14-24(30-17-29-23)34-8-6-21(7-9-34)27(38)36-12-10-35(11-13-36)25-15-26(32-18-31-25)37-19-28-16-33-37/h2-5,14-19,21H,6-13H2,1H3. The number of ether oxygens (including phenoxy) is 1. The summed E-state index contributed by atoms with van der Waals surface area (Å²) in [6, 6.07) is 11.8. The molecule has 0 radical (unpaired) electrons. The van der Waals surface area contributed by atoms with E-state index in [2.05, 4.69) is 39.8 Å². The number of nitrogens with zero attached hydrogens (tertiary/aromatic N) is 10. The Balaban J connectivity index is 1.02. The van der Waals surface area contributed by atoms with E-state index in [1.165, 1.54) is 12.7 Å². The van der Waals surface area contributed by atoms with Crippen molar-refractivity contribution >= 4 is 17.5 Å². The zero-order valence-electron chi connectivity index (χ0n) is 21.8. The summed E-state index contributed by atoms with van der Waals surface area (Å²) >= 11 is 0. The van der Waals surface area contributed by atoms with Crippen LogP contribution in [0.4, 0.5) is 11.6 Å². The molecule has 1 amide bonds. The van der Waals surface area contributed by atoms with Gasteiger partial charge in [-0.1, -0.05) is 0 Å². The number of amides is 1. The number of aromatic nitrogens is 7. The summed E-state index contributed by atoms with van der Waals surface area (Å²) in [5.74, 6) is 3.49. The van der Waals surface area contributed by atoms with E-state index in [4.69, 9.17) is 4.74 Å². The van der Waals surface area contributed by atoms with Gasteiger partial charge in [0.1, 0.15) is 42.7 Å². The quantitative estimate of drug-likeness (QED) is 0.369. The molecule has 0 saturated carbocycles. The molecule has 5 heterocycles. The van der Waals surface area contributed by atoms with Crippen LogP contribution in [0.3, 0.4) is 0 Å². The number of piperidine rings is 1. The van der Waals surface area contributed by atoms with Crippen LogP contribution in [0.15, 0.2) is 61.7 Å². The number of hydrogen-bond acceptors (Lipinski definition) is 10. The van der Waals surface area contributed by atoms with Crippen molar-refractivity contribution in [2.24, 2.45) is 5.92 Å². The Bertz CT molecular complexity index is 1400. The minimum Gasteiger partial charge on any atom is -0.497 e. The van der Waals surface area contributed by atoms with Crippen LogP contribution >= 0.6 is 0 Å². The van der Waals surface area contributed by atoms with Gasteiger partial charge < -0.3 is 19.4 Å². The van der Waals surface area contributed by atoms with Crippen LogP contribution in [0.1, 0.15) is 12.8 Å². The molecule has 1 aromatic carbocycles. The Morgan fingerprint density at radius 2 is 1.46 bits per heavy atom. The summed E-state index contributed by atoms with van der Waals surface area (Å²) < 4.78 is 6.87. The highest BCUT2D eigenvalue weighted by Crippen LogP contribution is 2.27. The molecule has 39 heavy (non-hydrogen) atoms. The number of hydrogen-bond donors (Lipinski definition) is 0. The molecule has 2 fully saturated rings. The Morgan fingerprint density at radius 3 is 2.15 bits per heavy atom. The minimum atomic E-state index is 0.0358. The lowest BCUT2D eigenvalue weighted by Gasteiger charge is -2.39. The molecule has 0 bridgehead atoms. The summed E-state index contributed by atoms with van der Waals surface area (Å²) in [5.41, 5.74) is 1.89. The highest BCUT2D eigenvalue weighted by Gasteiger charge is 2.31. The first-order chi connectivity index (χ1) is 19.2. The van der Waals surface area contributed by atoms with Gasteiger partial charge >= 0.3 is 0 Å². The zero-order valence-corrected chi connectivity index (χ0v) is 21.8. The van der Waals surface area contributed by atoms with Gasteiger partial charge in [-0.2, -0.15) is 5.10 Å². The fourth-order valence-electron chi connectivity index (χ4n) is 5.17. The van der Waals surface area contributed by atoms with Gasteiger partial charge in [0.2, 0.25) is 5.91 Å². The number of piperazine rings is 1. The molecular weight excluding hydrogens is 496 g/mol. The third-order valence-electron chi connectivity index (χ3n) is 7.41. The van der Waals surface area contributed by atoms with Gasteiger partial charge in [0.15, 0.2) is 5.82 Å². The minimum absolute atomic E-state index is 0.0358. The third kappa shape index (κ3) is 5.35. The highest BCUT2D eigenvalue weighted by molar-refractivity contribution is 5.79. The van der Waals surface area contributed by atoms with Crippen LogP contribution in [0.25, 0.3) is 17.1 Å². The first-order valence-electron chi connectivity index (χ1n) is 13.1.